The molecule has 1 saturated heterocycles. The van der Waals surface area contributed by atoms with Gasteiger partial charge in [-0.25, -0.2) is 0 Å². The minimum Gasteiger partial charge on any atom is -0.348 e. The monoisotopic (exact) mass is 175 g/mol. The van der Waals surface area contributed by atoms with Gasteiger partial charge in [-0.3, -0.25) is 4.79 Å². The Morgan fingerprint density at radius 1 is 1.38 bits per heavy atom. The van der Waals surface area contributed by atoms with Crippen molar-refractivity contribution in [2.24, 2.45) is 5.92 Å². The maximum Gasteiger partial charge on any atom is 0.225 e. The molecule has 2 unspecified atom stereocenters. The molecule has 1 aromatic carbocycles. The second kappa shape index (κ2) is 2.87. The fourth-order valence-corrected chi connectivity index (χ4v) is 1.70. The highest BCUT2D eigenvalue weighted by Crippen LogP contribution is 2.29. The van der Waals surface area contributed by atoms with E-state index in [0.717, 1.165) is 0 Å². The summed E-state index contributed by atoms with van der Waals surface area (Å²) in [5.41, 5.74) is 2.46. The van der Waals surface area contributed by atoms with Gasteiger partial charge >= 0.3 is 0 Å². The van der Waals surface area contributed by atoms with Crippen LogP contribution in [0.4, 0.5) is 0 Å². The van der Waals surface area contributed by atoms with E-state index in [1.54, 1.807) is 0 Å². The summed E-state index contributed by atoms with van der Waals surface area (Å²) >= 11 is 0. The third kappa shape index (κ3) is 1.32. The fraction of sp³-hybridized carbons (Fsp3) is 0.364. The molecule has 68 valence electrons. The Hall–Kier alpha value is -1.31. The van der Waals surface area contributed by atoms with E-state index in [9.17, 15) is 4.79 Å². The van der Waals surface area contributed by atoms with Crippen molar-refractivity contribution >= 4 is 5.91 Å². The van der Waals surface area contributed by atoms with Crippen LogP contribution >= 0.6 is 0 Å². The SMILES string of the molecule is Cc1cccc(C2NC(=O)C2C)c1. The van der Waals surface area contributed by atoms with Crippen LogP contribution in [-0.4, -0.2) is 5.91 Å². The van der Waals surface area contributed by atoms with E-state index in [-0.39, 0.29) is 17.9 Å². The normalized spacial score (nSPS) is 26.5. The van der Waals surface area contributed by atoms with E-state index < -0.39 is 0 Å². The lowest BCUT2D eigenvalue weighted by Crippen LogP contribution is -2.49. The lowest BCUT2D eigenvalue weighted by molar-refractivity contribution is -0.134. The lowest BCUT2D eigenvalue weighted by atomic mass is 9.86. The van der Waals surface area contributed by atoms with Crippen molar-refractivity contribution in [3.8, 4) is 0 Å². The molecule has 0 saturated carbocycles. The van der Waals surface area contributed by atoms with Crippen LogP contribution in [0, 0.1) is 12.8 Å². The van der Waals surface area contributed by atoms with Crippen molar-refractivity contribution in [1.29, 1.82) is 0 Å². The first-order valence-electron chi connectivity index (χ1n) is 4.55. The Morgan fingerprint density at radius 3 is 2.69 bits per heavy atom. The van der Waals surface area contributed by atoms with E-state index in [1.807, 2.05) is 13.0 Å². The molecule has 2 heteroatoms. The molecule has 1 heterocycles. The fourth-order valence-electron chi connectivity index (χ4n) is 1.70. The van der Waals surface area contributed by atoms with Crippen LogP contribution in [0.5, 0.6) is 0 Å². The number of rotatable bonds is 1. The Bertz CT molecular complexity index is 346. The quantitative estimate of drug-likeness (QED) is 0.648. The van der Waals surface area contributed by atoms with Crippen LogP contribution in [0.3, 0.4) is 0 Å². The van der Waals surface area contributed by atoms with Crippen LogP contribution in [0.1, 0.15) is 24.1 Å². The molecule has 0 spiro atoms. The average molecular weight is 175 g/mol. The van der Waals surface area contributed by atoms with E-state index in [4.69, 9.17) is 0 Å². The molecule has 13 heavy (non-hydrogen) atoms. The number of carbonyl (C=O) groups excluding carboxylic acids is 1. The lowest BCUT2D eigenvalue weighted by Gasteiger charge is -2.34. The van der Waals surface area contributed by atoms with E-state index in [0.29, 0.717) is 0 Å². The number of nitrogens with one attached hydrogen (secondary N) is 1. The third-order valence-corrected chi connectivity index (χ3v) is 2.61. The predicted octanol–water partition coefficient (Wildman–Crippen LogP) is 1.80. The first-order chi connectivity index (χ1) is 6.18. The van der Waals surface area contributed by atoms with Gasteiger partial charge in [-0.2, -0.15) is 0 Å². The highest BCUT2D eigenvalue weighted by molar-refractivity contribution is 5.85. The Kier molecular flexibility index (Phi) is 1.83. The van der Waals surface area contributed by atoms with Crippen LogP contribution in [-0.2, 0) is 4.79 Å². The highest BCUT2D eigenvalue weighted by atomic mass is 16.2. The van der Waals surface area contributed by atoms with Crippen LogP contribution in [0.2, 0.25) is 0 Å². The number of aryl methyl sites for hydroxylation is 1. The van der Waals surface area contributed by atoms with Gasteiger partial charge in [0.25, 0.3) is 0 Å². The summed E-state index contributed by atoms with van der Waals surface area (Å²) in [7, 11) is 0. The molecule has 0 radical (unpaired) electrons. The molecular weight excluding hydrogens is 162 g/mol. The number of hydrogen-bond donors (Lipinski definition) is 1. The molecule has 1 aromatic rings. The van der Waals surface area contributed by atoms with Gasteiger partial charge in [0, 0.05) is 0 Å². The van der Waals surface area contributed by atoms with Crippen molar-refractivity contribution in [3.63, 3.8) is 0 Å². The molecule has 1 fully saturated rings. The topological polar surface area (TPSA) is 29.1 Å². The van der Waals surface area contributed by atoms with Gasteiger partial charge in [0.05, 0.1) is 12.0 Å². The van der Waals surface area contributed by atoms with Crippen LogP contribution in [0.25, 0.3) is 0 Å². The molecule has 0 bridgehead atoms. The Morgan fingerprint density at radius 2 is 2.15 bits per heavy atom. The molecule has 1 N–H and O–H groups in total. The van der Waals surface area contributed by atoms with Crippen molar-refractivity contribution in [2.75, 3.05) is 0 Å². The molecule has 1 aliphatic heterocycles. The first-order valence-corrected chi connectivity index (χ1v) is 4.55. The highest BCUT2D eigenvalue weighted by Gasteiger charge is 2.35. The molecule has 1 amide bonds. The van der Waals surface area contributed by atoms with E-state index in [2.05, 4.69) is 30.4 Å². The van der Waals surface area contributed by atoms with Crippen molar-refractivity contribution in [3.05, 3.63) is 35.4 Å². The standard InChI is InChI=1S/C11H13NO/c1-7-4-3-5-9(6-7)10-8(2)11(13)12-10/h3-6,8,10H,1-2H3,(H,12,13). The van der Waals surface area contributed by atoms with Crippen molar-refractivity contribution in [1.82, 2.24) is 5.32 Å². The summed E-state index contributed by atoms with van der Waals surface area (Å²) in [6.07, 6.45) is 0. The zero-order chi connectivity index (χ0) is 9.42. The molecule has 2 nitrogen and oxygen atoms in total. The zero-order valence-electron chi connectivity index (χ0n) is 7.87. The van der Waals surface area contributed by atoms with E-state index in [1.165, 1.54) is 11.1 Å². The smallest absolute Gasteiger partial charge is 0.225 e. The van der Waals surface area contributed by atoms with Crippen LogP contribution < -0.4 is 5.32 Å². The predicted molar refractivity (Wildman–Crippen MR) is 51.2 cm³/mol. The summed E-state index contributed by atoms with van der Waals surface area (Å²) in [4.78, 5) is 11.0. The summed E-state index contributed by atoms with van der Waals surface area (Å²) in [6.45, 7) is 4.03. The zero-order valence-corrected chi connectivity index (χ0v) is 7.87. The molecular formula is C11H13NO. The van der Waals surface area contributed by atoms with Gasteiger partial charge in [-0.15, -0.1) is 0 Å². The third-order valence-electron chi connectivity index (χ3n) is 2.61. The molecule has 0 aromatic heterocycles. The summed E-state index contributed by atoms with van der Waals surface area (Å²) in [6, 6.07) is 8.51. The minimum atomic E-state index is 0.127. The van der Waals surface area contributed by atoms with E-state index >= 15 is 0 Å². The second-order valence-electron chi connectivity index (χ2n) is 3.69. The van der Waals surface area contributed by atoms with Gasteiger partial charge in [-0.1, -0.05) is 36.8 Å². The average Bonchev–Trinajstić information content (AvgIpc) is 2.13. The molecule has 2 rings (SSSR count). The number of benzene rings is 1. The maximum atomic E-state index is 11.0. The largest absolute Gasteiger partial charge is 0.348 e. The number of carbonyl (C=O) groups is 1. The Balaban J connectivity index is 2.23. The number of amides is 1. The molecule has 1 aliphatic rings. The molecule has 0 aliphatic carbocycles. The van der Waals surface area contributed by atoms with Gasteiger partial charge in [0.1, 0.15) is 0 Å². The summed E-state index contributed by atoms with van der Waals surface area (Å²) in [5, 5.41) is 2.90. The maximum absolute atomic E-state index is 11.0. The minimum absolute atomic E-state index is 0.127. The van der Waals surface area contributed by atoms with Crippen molar-refractivity contribution in [2.45, 2.75) is 19.9 Å². The Labute approximate surface area is 78.0 Å². The first kappa shape index (κ1) is 8.30. The van der Waals surface area contributed by atoms with Gasteiger partial charge in [-0.05, 0) is 12.5 Å². The second-order valence-corrected chi connectivity index (χ2v) is 3.69. The van der Waals surface area contributed by atoms with Gasteiger partial charge in [0.15, 0.2) is 0 Å². The van der Waals surface area contributed by atoms with Crippen molar-refractivity contribution < 1.29 is 4.79 Å². The molecule has 2 atom stereocenters. The van der Waals surface area contributed by atoms with Crippen LogP contribution in [0.15, 0.2) is 24.3 Å². The van der Waals surface area contributed by atoms with Gasteiger partial charge in [0.2, 0.25) is 5.91 Å². The van der Waals surface area contributed by atoms with Gasteiger partial charge < -0.3 is 5.32 Å². The number of hydrogen-bond acceptors (Lipinski definition) is 1. The number of β-lactam (4-membered cyclic amide) rings is 1. The summed E-state index contributed by atoms with van der Waals surface area (Å²) < 4.78 is 0. The summed E-state index contributed by atoms with van der Waals surface area (Å²) in [5.74, 6) is 0.285.